The van der Waals surface area contributed by atoms with Crippen LogP contribution in [0.25, 0.3) is 11.9 Å². The minimum absolute atomic E-state index is 0.130. The van der Waals surface area contributed by atoms with Gasteiger partial charge >= 0.3 is 5.69 Å². The lowest BCUT2D eigenvalue weighted by Gasteiger charge is -2.24. The summed E-state index contributed by atoms with van der Waals surface area (Å²) in [6.45, 7) is 7.31. The highest BCUT2D eigenvalue weighted by molar-refractivity contribution is 5.86. The van der Waals surface area contributed by atoms with Crippen molar-refractivity contribution in [2.24, 2.45) is 5.92 Å². The molecular formula is C26H42N7O2+. The number of H-pyrrole nitrogens is 1. The number of ether oxygens (including phenoxy) is 1. The Morgan fingerprint density at radius 2 is 2.11 bits per heavy atom. The zero-order chi connectivity index (χ0) is 25.5. The summed E-state index contributed by atoms with van der Waals surface area (Å²) in [4.78, 5) is 24.9. The molecule has 0 saturated heterocycles. The van der Waals surface area contributed by atoms with Crippen LogP contribution in [0.2, 0.25) is 0 Å². The molecule has 3 heterocycles. The van der Waals surface area contributed by atoms with Gasteiger partial charge in [-0.05, 0) is 32.5 Å². The van der Waals surface area contributed by atoms with Gasteiger partial charge < -0.3 is 19.9 Å². The largest absolute Gasteiger partial charge is 0.476 e. The molecule has 0 fully saturated rings. The van der Waals surface area contributed by atoms with Crippen molar-refractivity contribution in [2.75, 3.05) is 54.9 Å². The van der Waals surface area contributed by atoms with Crippen LogP contribution >= 0.6 is 0 Å². The van der Waals surface area contributed by atoms with Gasteiger partial charge in [0, 0.05) is 25.9 Å². The third-order valence-electron chi connectivity index (χ3n) is 6.45. The molecule has 1 unspecified atom stereocenters. The number of nitrogens with one attached hydrogen (secondary N) is 2. The number of unbranched alkanes of at least 4 members (excludes halogenated alkanes) is 1. The summed E-state index contributed by atoms with van der Waals surface area (Å²) in [5.41, 5.74) is 0.817. The highest BCUT2D eigenvalue weighted by Gasteiger charge is 2.29. The van der Waals surface area contributed by atoms with Crippen LogP contribution in [-0.2, 0) is 6.54 Å². The number of pyridine rings is 1. The molecule has 35 heavy (non-hydrogen) atoms. The Morgan fingerprint density at radius 1 is 1.34 bits per heavy atom. The number of nitrogens with zero attached hydrogens (tertiary/aromatic N) is 5. The molecule has 0 aliphatic carbocycles. The van der Waals surface area contributed by atoms with Gasteiger partial charge in [0.1, 0.15) is 12.0 Å². The molecule has 0 aromatic carbocycles. The summed E-state index contributed by atoms with van der Waals surface area (Å²) >= 11 is 0. The van der Waals surface area contributed by atoms with E-state index < -0.39 is 0 Å². The lowest BCUT2D eigenvalue weighted by Crippen LogP contribution is -2.48. The average molecular weight is 485 g/mol. The van der Waals surface area contributed by atoms with Gasteiger partial charge in [0.2, 0.25) is 11.7 Å². The maximum Gasteiger partial charge on any atom is 0.326 e. The summed E-state index contributed by atoms with van der Waals surface area (Å²) in [5, 5.41) is 5.05. The van der Waals surface area contributed by atoms with E-state index in [-0.39, 0.29) is 5.69 Å². The van der Waals surface area contributed by atoms with Crippen LogP contribution in [0, 0.1) is 5.92 Å². The van der Waals surface area contributed by atoms with Crippen molar-refractivity contribution < 1.29 is 9.31 Å². The van der Waals surface area contributed by atoms with E-state index in [9.17, 15) is 4.79 Å². The molecule has 9 nitrogen and oxygen atoms in total. The van der Waals surface area contributed by atoms with E-state index in [1.165, 1.54) is 5.84 Å². The number of hydrogen-bond donors (Lipinski definition) is 2. The number of aromatic nitrogens is 3. The van der Waals surface area contributed by atoms with Gasteiger partial charge in [-0.2, -0.15) is 0 Å². The number of likely N-dealkylation sites (N-methyl/N-ethyl adjacent to an activating group) is 1. The summed E-state index contributed by atoms with van der Waals surface area (Å²) in [6, 6.07) is 3.84. The van der Waals surface area contributed by atoms with Gasteiger partial charge in [-0.15, -0.1) is 0 Å². The van der Waals surface area contributed by atoms with Crippen LogP contribution in [-0.4, -0.2) is 89.7 Å². The number of imidazole rings is 1. The van der Waals surface area contributed by atoms with E-state index in [2.05, 4.69) is 63.7 Å². The van der Waals surface area contributed by atoms with Crippen LogP contribution in [0.15, 0.2) is 23.1 Å². The highest BCUT2D eigenvalue weighted by Crippen LogP contribution is 2.14. The molecule has 3 rings (SSSR count). The summed E-state index contributed by atoms with van der Waals surface area (Å²) in [6.07, 6.45) is 7.11. The summed E-state index contributed by atoms with van der Waals surface area (Å²) in [5.74, 6) is 3.03. The molecule has 0 radical (unpaired) electrons. The van der Waals surface area contributed by atoms with Gasteiger partial charge in [0.25, 0.3) is 5.84 Å². The van der Waals surface area contributed by atoms with Crippen LogP contribution < -0.4 is 26.4 Å². The van der Waals surface area contributed by atoms with Crippen molar-refractivity contribution in [1.29, 1.82) is 0 Å². The first-order valence-corrected chi connectivity index (χ1v) is 12.5. The van der Waals surface area contributed by atoms with E-state index in [0.717, 1.165) is 54.4 Å². The second-order valence-corrected chi connectivity index (χ2v) is 9.56. The average Bonchev–Trinajstić information content (AvgIpc) is 3.11. The van der Waals surface area contributed by atoms with Crippen molar-refractivity contribution in [3.63, 3.8) is 0 Å². The standard InChI is InChI=1S/C26H41N7O2/c1-8-9-14-31(6)25-19(2)10-12-21-23(24(27-3)32(25)7)29-26(34)33(21)18-20-11-13-22(28-17-20)35-16-15-30(4)5/h11-13,17,19,27H,8-10,14-16,18H2,1-7H3/p+1. The van der Waals surface area contributed by atoms with Gasteiger partial charge in [0.05, 0.1) is 38.5 Å². The van der Waals surface area contributed by atoms with E-state index in [1.54, 1.807) is 10.8 Å². The first-order chi connectivity index (χ1) is 16.8. The van der Waals surface area contributed by atoms with Crippen LogP contribution in [0.1, 0.15) is 38.7 Å². The molecule has 0 bridgehead atoms. The van der Waals surface area contributed by atoms with Gasteiger partial charge in [0.15, 0.2) is 0 Å². The van der Waals surface area contributed by atoms with Crippen LogP contribution in [0.3, 0.4) is 0 Å². The number of amidine groups is 1. The molecule has 192 valence electrons. The Hall–Kier alpha value is -3.07. The van der Waals surface area contributed by atoms with E-state index in [1.807, 2.05) is 33.3 Å². The number of rotatable bonds is 10. The normalized spacial score (nSPS) is 17.5. The Morgan fingerprint density at radius 3 is 2.74 bits per heavy atom. The predicted molar refractivity (Wildman–Crippen MR) is 141 cm³/mol. The van der Waals surface area contributed by atoms with Crippen molar-refractivity contribution >= 4 is 17.7 Å². The first-order valence-electron chi connectivity index (χ1n) is 12.5. The monoisotopic (exact) mass is 484 g/mol. The number of aromatic amines is 1. The lowest BCUT2D eigenvalue weighted by molar-refractivity contribution is -0.504. The van der Waals surface area contributed by atoms with Gasteiger partial charge in [-0.1, -0.05) is 32.4 Å². The quantitative estimate of drug-likeness (QED) is 0.477. The Kier molecular flexibility index (Phi) is 9.14. The zero-order valence-electron chi connectivity index (χ0n) is 22.4. The van der Waals surface area contributed by atoms with Crippen LogP contribution in [0.5, 0.6) is 5.88 Å². The fraction of sp³-hybridized carbons (Fsp3) is 0.577. The fourth-order valence-electron chi connectivity index (χ4n) is 4.58. The fourth-order valence-corrected chi connectivity index (χ4v) is 4.58. The Labute approximate surface area is 208 Å². The van der Waals surface area contributed by atoms with Gasteiger partial charge in [-0.25, -0.2) is 14.7 Å². The van der Waals surface area contributed by atoms with Gasteiger partial charge in [-0.3, -0.25) is 9.14 Å². The van der Waals surface area contributed by atoms with Crippen molar-refractivity contribution in [1.82, 2.24) is 29.7 Å². The molecule has 0 spiro atoms. The van der Waals surface area contributed by atoms with Crippen molar-refractivity contribution in [3.05, 3.63) is 45.1 Å². The van der Waals surface area contributed by atoms with E-state index in [0.29, 0.717) is 24.9 Å². The number of hydrogen-bond acceptors (Lipinski definition) is 5. The zero-order valence-corrected chi connectivity index (χ0v) is 22.4. The Balaban J connectivity index is 1.97. The molecule has 1 atom stereocenters. The third kappa shape index (κ3) is 6.33. The molecule has 1 aliphatic heterocycles. The second kappa shape index (κ2) is 12.1. The second-order valence-electron chi connectivity index (χ2n) is 9.56. The van der Waals surface area contributed by atoms with Crippen LogP contribution in [0.4, 0.5) is 0 Å². The SMILES string of the molecule is CCCC[N+](C)=C1C(C)CC=c2c([nH]c(=O)n2Cc2ccc(OCCN(C)C)nc2)=C(NC)N1C. The lowest BCUT2D eigenvalue weighted by atomic mass is 10.0. The smallest absolute Gasteiger partial charge is 0.326 e. The minimum Gasteiger partial charge on any atom is -0.476 e. The third-order valence-corrected chi connectivity index (χ3v) is 6.45. The first kappa shape index (κ1) is 26.5. The topological polar surface area (TPSA) is 81.4 Å². The molecular weight excluding hydrogens is 442 g/mol. The van der Waals surface area contributed by atoms with E-state index in [4.69, 9.17) is 4.74 Å². The molecule has 9 heteroatoms. The molecule has 1 aliphatic rings. The minimum atomic E-state index is -0.130. The maximum absolute atomic E-state index is 13.1. The Bertz CT molecular complexity index is 1190. The summed E-state index contributed by atoms with van der Waals surface area (Å²) < 4.78 is 9.84. The molecule has 0 amide bonds. The molecule has 2 N–H and O–H groups in total. The highest BCUT2D eigenvalue weighted by atomic mass is 16.5. The maximum atomic E-state index is 13.1. The van der Waals surface area contributed by atoms with E-state index >= 15 is 0 Å². The summed E-state index contributed by atoms with van der Waals surface area (Å²) in [7, 11) is 10.2. The van der Waals surface area contributed by atoms with Crippen molar-refractivity contribution in [2.45, 2.75) is 39.7 Å². The number of fused-ring (bicyclic) bond motifs is 1. The predicted octanol–water partition coefficient (Wildman–Crippen LogP) is 0.438. The molecule has 2 aromatic heterocycles. The molecule has 2 aromatic rings. The van der Waals surface area contributed by atoms with Crippen molar-refractivity contribution in [3.8, 4) is 5.88 Å². The molecule has 0 saturated carbocycles.